The van der Waals surface area contributed by atoms with Crippen LogP contribution in [0.25, 0.3) is 11.1 Å². The molecule has 1 fully saturated rings. The van der Waals surface area contributed by atoms with Crippen LogP contribution >= 0.6 is 0 Å². The molecule has 1 saturated heterocycles. The molecule has 0 radical (unpaired) electrons. The molecular formula is C17H18N2O3. The zero-order valence-electron chi connectivity index (χ0n) is 12.1. The number of amides is 1. The average Bonchev–Trinajstić information content (AvgIpc) is 2.56. The lowest BCUT2D eigenvalue weighted by molar-refractivity contribution is 0.0277. The highest BCUT2D eigenvalue weighted by molar-refractivity contribution is 5.76. The summed E-state index contributed by atoms with van der Waals surface area (Å²) in [7, 11) is 0. The minimum Gasteiger partial charge on any atom is -0.410 e. The van der Waals surface area contributed by atoms with Gasteiger partial charge in [-0.3, -0.25) is 0 Å². The summed E-state index contributed by atoms with van der Waals surface area (Å²) in [6.07, 6.45) is -0.820. The molecule has 2 aromatic carbocycles. The Morgan fingerprint density at radius 3 is 2.73 bits per heavy atom. The zero-order valence-corrected chi connectivity index (χ0v) is 12.1. The van der Waals surface area contributed by atoms with Gasteiger partial charge in [0, 0.05) is 18.7 Å². The third kappa shape index (κ3) is 3.27. The first-order valence-corrected chi connectivity index (χ1v) is 7.23. The van der Waals surface area contributed by atoms with Crippen LogP contribution in [-0.4, -0.2) is 25.8 Å². The molecule has 2 aromatic rings. The van der Waals surface area contributed by atoms with Gasteiger partial charge >= 0.3 is 6.09 Å². The van der Waals surface area contributed by atoms with E-state index in [0.29, 0.717) is 12.4 Å². The molecule has 0 aromatic heterocycles. The summed E-state index contributed by atoms with van der Waals surface area (Å²) in [6.45, 7) is 2.32. The van der Waals surface area contributed by atoms with Crippen molar-refractivity contribution in [1.29, 1.82) is 0 Å². The Kier molecular flexibility index (Phi) is 4.37. The second-order valence-corrected chi connectivity index (χ2v) is 5.11. The van der Waals surface area contributed by atoms with E-state index in [0.717, 1.165) is 29.8 Å². The molecule has 1 atom stereocenters. The van der Waals surface area contributed by atoms with Gasteiger partial charge in [-0.25, -0.2) is 4.79 Å². The predicted molar refractivity (Wildman–Crippen MR) is 83.7 cm³/mol. The lowest BCUT2D eigenvalue weighted by Crippen LogP contribution is -2.33. The van der Waals surface area contributed by atoms with Crippen LogP contribution < -0.4 is 15.8 Å². The fourth-order valence-electron chi connectivity index (χ4n) is 2.57. The first-order valence-electron chi connectivity index (χ1n) is 7.23. The maximum Gasteiger partial charge on any atom is 0.409 e. The van der Waals surface area contributed by atoms with Crippen molar-refractivity contribution in [2.24, 2.45) is 5.73 Å². The molecule has 1 aliphatic heterocycles. The normalized spacial score (nSPS) is 17.9. The van der Waals surface area contributed by atoms with Gasteiger partial charge in [-0.15, -0.1) is 0 Å². The van der Waals surface area contributed by atoms with Crippen molar-refractivity contribution >= 4 is 6.09 Å². The Morgan fingerprint density at radius 2 is 2.05 bits per heavy atom. The summed E-state index contributed by atoms with van der Waals surface area (Å²) < 4.78 is 10.9. The average molecular weight is 298 g/mol. The van der Waals surface area contributed by atoms with Gasteiger partial charge in [0.2, 0.25) is 0 Å². The Morgan fingerprint density at radius 1 is 1.23 bits per heavy atom. The highest BCUT2D eigenvalue weighted by atomic mass is 16.5. The summed E-state index contributed by atoms with van der Waals surface area (Å²) in [6, 6.07) is 15.4. The third-order valence-electron chi connectivity index (χ3n) is 3.60. The topological polar surface area (TPSA) is 73.6 Å². The first-order chi connectivity index (χ1) is 10.7. The zero-order chi connectivity index (χ0) is 15.4. The van der Waals surface area contributed by atoms with E-state index in [1.165, 1.54) is 0 Å². The van der Waals surface area contributed by atoms with Gasteiger partial charge < -0.3 is 20.5 Å². The molecule has 22 heavy (non-hydrogen) atoms. The molecule has 5 heteroatoms. The second kappa shape index (κ2) is 6.60. The number of primary amides is 1. The van der Waals surface area contributed by atoms with Crippen molar-refractivity contribution < 1.29 is 14.3 Å². The third-order valence-corrected chi connectivity index (χ3v) is 3.60. The minimum atomic E-state index is -0.819. The van der Waals surface area contributed by atoms with Gasteiger partial charge in [0.1, 0.15) is 5.75 Å². The van der Waals surface area contributed by atoms with Gasteiger partial charge in [-0.1, -0.05) is 36.4 Å². The molecule has 0 saturated carbocycles. The SMILES string of the molecule is NC(=O)Oc1ccc(C2CNCCO2)cc1-c1ccccc1. The maximum atomic E-state index is 11.1. The monoisotopic (exact) mass is 298 g/mol. The lowest BCUT2D eigenvalue weighted by Gasteiger charge is -2.24. The van der Waals surface area contributed by atoms with Crippen molar-refractivity contribution in [3.05, 3.63) is 54.1 Å². The van der Waals surface area contributed by atoms with E-state index in [1.807, 2.05) is 42.5 Å². The molecule has 5 nitrogen and oxygen atoms in total. The van der Waals surface area contributed by atoms with Gasteiger partial charge in [-0.2, -0.15) is 0 Å². The molecule has 1 unspecified atom stereocenters. The van der Waals surface area contributed by atoms with Crippen LogP contribution in [-0.2, 0) is 4.74 Å². The van der Waals surface area contributed by atoms with Crippen LogP contribution in [0.3, 0.4) is 0 Å². The summed E-state index contributed by atoms with van der Waals surface area (Å²) in [5, 5.41) is 3.31. The van der Waals surface area contributed by atoms with E-state index >= 15 is 0 Å². The van der Waals surface area contributed by atoms with Crippen LogP contribution in [0.4, 0.5) is 4.79 Å². The van der Waals surface area contributed by atoms with Crippen LogP contribution in [0.2, 0.25) is 0 Å². The fourth-order valence-corrected chi connectivity index (χ4v) is 2.57. The van der Waals surface area contributed by atoms with E-state index in [1.54, 1.807) is 6.07 Å². The predicted octanol–water partition coefficient (Wildman–Crippen LogP) is 2.47. The Balaban J connectivity index is 2.00. The van der Waals surface area contributed by atoms with Crippen LogP contribution in [0.15, 0.2) is 48.5 Å². The molecule has 3 N–H and O–H groups in total. The van der Waals surface area contributed by atoms with E-state index in [-0.39, 0.29) is 6.10 Å². The first kappa shape index (κ1) is 14.6. The largest absolute Gasteiger partial charge is 0.410 e. The summed E-state index contributed by atoms with van der Waals surface area (Å²) >= 11 is 0. The van der Waals surface area contributed by atoms with Crippen molar-refractivity contribution in [3.63, 3.8) is 0 Å². The molecule has 0 bridgehead atoms. The van der Waals surface area contributed by atoms with E-state index in [9.17, 15) is 4.79 Å². The van der Waals surface area contributed by atoms with Gasteiger partial charge in [0.15, 0.2) is 0 Å². The van der Waals surface area contributed by atoms with E-state index < -0.39 is 6.09 Å². The number of carbonyl (C=O) groups is 1. The number of ether oxygens (including phenoxy) is 2. The number of rotatable bonds is 3. The quantitative estimate of drug-likeness (QED) is 0.913. The minimum absolute atomic E-state index is 0.00107. The lowest BCUT2D eigenvalue weighted by atomic mass is 9.99. The summed E-state index contributed by atoms with van der Waals surface area (Å²) in [5.41, 5.74) is 7.99. The molecule has 1 heterocycles. The Bertz CT molecular complexity index is 652. The van der Waals surface area contributed by atoms with Crippen molar-refractivity contribution in [2.45, 2.75) is 6.10 Å². The fraction of sp³-hybridized carbons (Fsp3) is 0.235. The van der Waals surface area contributed by atoms with Crippen molar-refractivity contribution in [3.8, 4) is 16.9 Å². The van der Waals surface area contributed by atoms with Gasteiger partial charge in [-0.05, 0) is 23.3 Å². The second-order valence-electron chi connectivity index (χ2n) is 5.11. The molecule has 1 amide bonds. The number of benzene rings is 2. The molecule has 0 spiro atoms. The Hall–Kier alpha value is -2.37. The number of hydrogen-bond acceptors (Lipinski definition) is 4. The van der Waals surface area contributed by atoms with Crippen LogP contribution in [0, 0.1) is 0 Å². The van der Waals surface area contributed by atoms with Crippen molar-refractivity contribution in [1.82, 2.24) is 5.32 Å². The van der Waals surface area contributed by atoms with Gasteiger partial charge in [0.25, 0.3) is 0 Å². The molecule has 0 aliphatic carbocycles. The number of nitrogens with two attached hydrogens (primary N) is 1. The maximum absolute atomic E-state index is 11.1. The summed E-state index contributed by atoms with van der Waals surface area (Å²) in [5.74, 6) is 0.450. The molecule has 3 rings (SSSR count). The molecule has 114 valence electrons. The number of morpholine rings is 1. The highest BCUT2D eigenvalue weighted by Crippen LogP contribution is 2.33. The van der Waals surface area contributed by atoms with Gasteiger partial charge in [0.05, 0.1) is 12.7 Å². The van der Waals surface area contributed by atoms with Crippen LogP contribution in [0.5, 0.6) is 5.75 Å². The standard InChI is InChI=1S/C17H18N2O3/c18-17(20)22-15-7-6-13(16-11-19-8-9-21-16)10-14(15)12-4-2-1-3-5-12/h1-7,10,16,19H,8-9,11H2,(H2,18,20). The number of nitrogens with one attached hydrogen (secondary N) is 1. The van der Waals surface area contributed by atoms with Crippen LogP contribution in [0.1, 0.15) is 11.7 Å². The van der Waals surface area contributed by atoms with Crippen molar-refractivity contribution in [2.75, 3.05) is 19.7 Å². The van der Waals surface area contributed by atoms with E-state index in [2.05, 4.69) is 5.32 Å². The number of carbonyl (C=O) groups excluding carboxylic acids is 1. The molecular weight excluding hydrogens is 280 g/mol. The van der Waals surface area contributed by atoms with E-state index in [4.69, 9.17) is 15.2 Å². The smallest absolute Gasteiger partial charge is 0.409 e. The Labute approximate surface area is 129 Å². The number of hydrogen-bond donors (Lipinski definition) is 2. The molecule has 1 aliphatic rings. The highest BCUT2D eigenvalue weighted by Gasteiger charge is 2.18. The summed E-state index contributed by atoms with van der Waals surface area (Å²) in [4.78, 5) is 11.1.